The average Bonchev–Trinajstić information content (AvgIpc) is 3.02. The van der Waals surface area contributed by atoms with Gasteiger partial charge in [-0.15, -0.1) is 0 Å². The van der Waals surface area contributed by atoms with Crippen molar-refractivity contribution >= 4 is 11.8 Å². The Balaban J connectivity index is 2.22. The molecule has 0 amide bonds. The number of hydrogen-bond acceptors (Lipinski definition) is 7. The van der Waals surface area contributed by atoms with Crippen LogP contribution in [0.3, 0.4) is 0 Å². The number of carbonyl (C=O) groups is 2. The number of methoxy groups -OCH3 is 1. The number of ether oxygens (including phenoxy) is 2. The highest BCUT2D eigenvalue weighted by Gasteiger charge is 2.44. The molecule has 3 rings (SSSR count). The Morgan fingerprint density at radius 2 is 2.21 bits per heavy atom. The van der Waals surface area contributed by atoms with Crippen LogP contribution in [-0.2, 0) is 20.8 Å². The van der Waals surface area contributed by atoms with Gasteiger partial charge in [-0.3, -0.25) is 9.48 Å². The molecule has 1 atom stereocenters. The second kappa shape index (κ2) is 7.15. The topological polar surface area (TPSA) is 120 Å². The molecule has 1 aromatic rings. The highest BCUT2D eigenvalue weighted by atomic mass is 16.5. The maximum absolute atomic E-state index is 13.0. The van der Waals surface area contributed by atoms with Gasteiger partial charge in [-0.05, 0) is 17.9 Å². The molecule has 0 unspecified atom stereocenters. The zero-order chi connectivity index (χ0) is 20.6. The van der Waals surface area contributed by atoms with Gasteiger partial charge in [0.2, 0.25) is 5.88 Å². The molecule has 1 aromatic heterocycles. The van der Waals surface area contributed by atoms with Crippen molar-refractivity contribution < 1.29 is 19.1 Å². The molecule has 0 fully saturated rings. The van der Waals surface area contributed by atoms with Crippen LogP contribution in [0, 0.1) is 16.7 Å². The minimum atomic E-state index is -0.713. The summed E-state index contributed by atoms with van der Waals surface area (Å²) in [5, 5.41) is 14.1. The molecule has 2 aliphatic rings. The van der Waals surface area contributed by atoms with E-state index in [0.29, 0.717) is 36.4 Å². The number of Topliss-reactive ketones (excluding diaryl/α,β-unsaturated/α-hetero) is 1. The summed E-state index contributed by atoms with van der Waals surface area (Å²) in [6.07, 6.45) is 1.64. The summed E-state index contributed by atoms with van der Waals surface area (Å²) < 4.78 is 12.1. The Labute approximate surface area is 163 Å². The van der Waals surface area contributed by atoms with E-state index in [1.807, 2.05) is 20.8 Å². The maximum Gasteiger partial charge on any atom is 0.358 e. The molecule has 2 N–H and O–H groups in total. The monoisotopic (exact) mass is 384 g/mol. The molecule has 0 radical (unpaired) electrons. The first-order valence-electron chi connectivity index (χ1n) is 9.22. The van der Waals surface area contributed by atoms with Crippen LogP contribution in [0.2, 0.25) is 0 Å². The molecule has 0 saturated carbocycles. The van der Waals surface area contributed by atoms with Crippen LogP contribution in [0.4, 0.5) is 0 Å². The van der Waals surface area contributed by atoms with Crippen molar-refractivity contribution in [2.24, 2.45) is 11.1 Å². The largest absolute Gasteiger partial charge is 0.464 e. The molecule has 1 aliphatic carbocycles. The van der Waals surface area contributed by atoms with Crippen molar-refractivity contribution in [1.29, 1.82) is 5.26 Å². The summed E-state index contributed by atoms with van der Waals surface area (Å²) in [7, 11) is 1.28. The quantitative estimate of drug-likeness (QED) is 0.792. The van der Waals surface area contributed by atoms with Crippen LogP contribution >= 0.6 is 0 Å². The first-order valence-corrected chi connectivity index (χ1v) is 9.22. The van der Waals surface area contributed by atoms with Crippen molar-refractivity contribution in [3.05, 3.63) is 40.2 Å². The van der Waals surface area contributed by atoms with E-state index in [1.165, 1.54) is 7.11 Å². The lowest BCUT2D eigenvalue weighted by molar-refractivity contribution is -0.119. The average molecular weight is 384 g/mol. The third kappa shape index (κ3) is 3.28. The van der Waals surface area contributed by atoms with E-state index in [2.05, 4.69) is 11.2 Å². The lowest BCUT2D eigenvalue weighted by Crippen LogP contribution is -2.34. The molecule has 1 aliphatic heterocycles. The van der Waals surface area contributed by atoms with Gasteiger partial charge in [0.05, 0.1) is 18.7 Å². The number of aryl methyl sites for hydroxylation is 1. The zero-order valence-corrected chi connectivity index (χ0v) is 16.5. The van der Waals surface area contributed by atoms with Crippen molar-refractivity contribution in [1.82, 2.24) is 9.78 Å². The number of hydrogen-bond donors (Lipinski definition) is 1. The SMILES string of the molecule is CCCn1nc(C(=O)OC)cc1[C@@H]1C(C#N)=C(N)OC2=C1C(=O)CC(C)(C)C2. The lowest BCUT2D eigenvalue weighted by atomic mass is 9.71. The predicted octanol–water partition coefficient (Wildman–Crippen LogP) is 2.53. The van der Waals surface area contributed by atoms with Gasteiger partial charge in [0.1, 0.15) is 17.4 Å². The second-order valence-electron chi connectivity index (χ2n) is 7.87. The fourth-order valence-corrected chi connectivity index (χ4v) is 3.84. The van der Waals surface area contributed by atoms with Gasteiger partial charge in [-0.1, -0.05) is 20.8 Å². The number of ketones is 1. The van der Waals surface area contributed by atoms with E-state index in [-0.39, 0.29) is 28.3 Å². The van der Waals surface area contributed by atoms with Gasteiger partial charge in [0.25, 0.3) is 0 Å². The molecule has 0 aromatic carbocycles. The van der Waals surface area contributed by atoms with Gasteiger partial charge in [0, 0.05) is 25.0 Å². The fraction of sp³-hybridized carbons (Fsp3) is 0.500. The number of nitrogens with two attached hydrogens (primary N) is 1. The Kier molecular flexibility index (Phi) is 5.02. The van der Waals surface area contributed by atoms with Gasteiger partial charge < -0.3 is 15.2 Å². The van der Waals surface area contributed by atoms with Crippen LogP contribution < -0.4 is 5.73 Å². The summed E-state index contributed by atoms with van der Waals surface area (Å²) in [5.74, 6) is -0.897. The minimum absolute atomic E-state index is 0.0133. The van der Waals surface area contributed by atoms with Gasteiger partial charge >= 0.3 is 5.97 Å². The first-order chi connectivity index (χ1) is 13.2. The van der Waals surface area contributed by atoms with Gasteiger partial charge in [-0.25, -0.2) is 4.79 Å². The summed E-state index contributed by atoms with van der Waals surface area (Å²) in [5.41, 5.74) is 7.05. The molecule has 28 heavy (non-hydrogen) atoms. The number of allylic oxidation sites excluding steroid dienone is 3. The van der Waals surface area contributed by atoms with Gasteiger partial charge in [-0.2, -0.15) is 10.4 Å². The highest BCUT2D eigenvalue weighted by molar-refractivity contribution is 6.00. The normalized spacial score (nSPS) is 21.1. The Bertz CT molecular complexity index is 946. The first kappa shape index (κ1) is 19.7. The summed E-state index contributed by atoms with van der Waals surface area (Å²) >= 11 is 0. The van der Waals surface area contributed by atoms with Crippen LogP contribution in [0.25, 0.3) is 0 Å². The maximum atomic E-state index is 13.0. The zero-order valence-electron chi connectivity index (χ0n) is 16.5. The van der Waals surface area contributed by atoms with Crippen LogP contribution in [0.5, 0.6) is 0 Å². The molecule has 148 valence electrons. The molecular formula is C20H24N4O4. The number of nitriles is 1. The van der Waals surface area contributed by atoms with Crippen molar-refractivity contribution in [3.8, 4) is 6.07 Å². The van der Waals surface area contributed by atoms with Crippen molar-refractivity contribution in [2.45, 2.75) is 52.5 Å². The number of rotatable bonds is 4. The molecule has 0 bridgehead atoms. The molecule has 2 heterocycles. The van der Waals surface area contributed by atoms with Crippen molar-refractivity contribution in [3.63, 3.8) is 0 Å². The molecular weight excluding hydrogens is 360 g/mol. The Hall–Kier alpha value is -3.08. The Morgan fingerprint density at radius 1 is 1.50 bits per heavy atom. The van der Waals surface area contributed by atoms with E-state index in [9.17, 15) is 14.9 Å². The highest BCUT2D eigenvalue weighted by Crippen LogP contribution is 2.47. The van der Waals surface area contributed by atoms with E-state index in [1.54, 1.807) is 10.7 Å². The minimum Gasteiger partial charge on any atom is -0.464 e. The van der Waals surface area contributed by atoms with E-state index in [4.69, 9.17) is 15.2 Å². The molecule has 0 saturated heterocycles. The predicted molar refractivity (Wildman–Crippen MR) is 99.6 cm³/mol. The third-order valence-electron chi connectivity index (χ3n) is 5.01. The molecule has 0 spiro atoms. The van der Waals surface area contributed by atoms with E-state index < -0.39 is 11.9 Å². The number of aromatic nitrogens is 2. The van der Waals surface area contributed by atoms with E-state index >= 15 is 0 Å². The van der Waals surface area contributed by atoms with Crippen molar-refractivity contribution in [2.75, 3.05) is 7.11 Å². The standard InChI is InChI=1S/C20H24N4O4/c1-5-6-24-13(7-12(23-24)19(26)27-4)16-11(10-21)18(22)28-15-9-20(2,3)8-14(25)17(15)16/h7,16H,5-6,8-9,22H2,1-4H3/t16-/m0/s1. The second-order valence-corrected chi connectivity index (χ2v) is 7.87. The smallest absolute Gasteiger partial charge is 0.358 e. The summed E-state index contributed by atoms with van der Waals surface area (Å²) in [6, 6.07) is 3.65. The van der Waals surface area contributed by atoms with Crippen LogP contribution in [0.1, 0.15) is 62.1 Å². The summed E-state index contributed by atoms with van der Waals surface area (Å²) in [4.78, 5) is 25.0. The number of esters is 1. The Morgan fingerprint density at radius 3 is 2.82 bits per heavy atom. The van der Waals surface area contributed by atoms with Crippen LogP contribution in [0.15, 0.2) is 28.9 Å². The lowest BCUT2D eigenvalue weighted by Gasteiger charge is -2.37. The summed E-state index contributed by atoms with van der Waals surface area (Å²) in [6.45, 7) is 6.47. The molecule has 8 nitrogen and oxygen atoms in total. The molecule has 8 heteroatoms. The fourth-order valence-electron chi connectivity index (χ4n) is 3.84. The third-order valence-corrected chi connectivity index (χ3v) is 5.01. The van der Waals surface area contributed by atoms with E-state index in [0.717, 1.165) is 6.42 Å². The van der Waals surface area contributed by atoms with Crippen LogP contribution in [-0.4, -0.2) is 28.6 Å². The number of nitrogens with zero attached hydrogens (tertiary/aromatic N) is 3. The van der Waals surface area contributed by atoms with Gasteiger partial charge in [0.15, 0.2) is 11.5 Å². The number of carbonyl (C=O) groups excluding carboxylic acids is 2.